The maximum Gasteiger partial charge on any atom is 0.573 e. The molecule has 1 aromatic heterocycles. The maximum absolute atomic E-state index is 12.5. The van der Waals surface area contributed by atoms with Crippen molar-refractivity contribution < 1.29 is 22.7 Å². The molecule has 2 aromatic rings. The van der Waals surface area contributed by atoms with Crippen molar-refractivity contribution in [2.75, 3.05) is 16.8 Å². The zero-order valence-electron chi connectivity index (χ0n) is 19.5. The van der Waals surface area contributed by atoms with E-state index in [1.807, 2.05) is 27.7 Å². The van der Waals surface area contributed by atoms with Gasteiger partial charge in [-0.1, -0.05) is 39.8 Å². The number of halogens is 3. The van der Waals surface area contributed by atoms with Crippen molar-refractivity contribution in [3.8, 4) is 5.75 Å². The average molecular weight is 463 g/mol. The Morgan fingerprint density at radius 3 is 2.45 bits per heavy atom. The number of carbonyl (C=O) groups is 1. The van der Waals surface area contributed by atoms with Crippen LogP contribution in [-0.4, -0.2) is 28.8 Å². The summed E-state index contributed by atoms with van der Waals surface area (Å²) < 4.78 is 41.2. The van der Waals surface area contributed by atoms with Crippen LogP contribution in [0.2, 0.25) is 0 Å². The quantitative estimate of drug-likeness (QED) is 0.642. The molecule has 4 rings (SSSR count). The molecular formula is C24H29F3N4O2. The molecule has 3 unspecified atom stereocenters. The van der Waals surface area contributed by atoms with Gasteiger partial charge in [0.2, 0.25) is 5.91 Å². The molecule has 6 nitrogen and oxygen atoms in total. The molecule has 1 aliphatic carbocycles. The van der Waals surface area contributed by atoms with Gasteiger partial charge in [0.25, 0.3) is 0 Å². The Hall–Kier alpha value is -2.84. The molecule has 1 N–H and O–H groups in total. The van der Waals surface area contributed by atoms with E-state index in [4.69, 9.17) is 9.97 Å². The minimum absolute atomic E-state index is 0.0888. The molecule has 0 radical (unpaired) electrons. The minimum Gasteiger partial charge on any atom is -0.406 e. The van der Waals surface area contributed by atoms with Gasteiger partial charge in [-0.3, -0.25) is 4.79 Å². The first-order valence-corrected chi connectivity index (χ1v) is 11.1. The number of fused-ring (bicyclic) bond motifs is 3. The number of nitrogens with one attached hydrogen (secondary N) is 1. The Balaban J connectivity index is 1.55. The van der Waals surface area contributed by atoms with Crippen molar-refractivity contribution in [2.45, 2.75) is 59.9 Å². The number of nitrogens with zero attached hydrogens (tertiary/aromatic N) is 3. The molecular weight excluding hydrogens is 433 g/mol. The number of aromatic nitrogens is 2. The van der Waals surface area contributed by atoms with Gasteiger partial charge >= 0.3 is 6.36 Å². The van der Waals surface area contributed by atoms with E-state index in [-0.39, 0.29) is 17.1 Å². The molecule has 33 heavy (non-hydrogen) atoms. The lowest BCUT2D eigenvalue weighted by molar-refractivity contribution is -0.274. The van der Waals surface area contributed by atoms with Crippen LogP contribution < -0.4 is 15.0 Å². The highest BCUT2D eigenvalue weighted by Crippen LogP contribution is 2.58. The first kappa shape index (κ1) is 23.3. The molecule has 0 saturated heterocycles. The van der Waals surface area contributed by atoms with Crippen molar-refractivity contribution in [3.05, 3.63) is 41.2 Å². The van der Waals surface area contributed by atoms with Gasteiger partial charge in [0.1, 0.15) is 5.75 Å². The molecule has 3 atom stereocenters. The number of carbonyl (C=O) groups excluding carboxylic acids is 1. The molecule has 9 heteroatoms. The zero-order valence-corrected chi connectivity index (χ0v) is 19.5. The van der Waals surface area contributed by atoms with E-state index in [1.54, 1.807) is 12.1 Å². The van der Waals surface area contributed by atoms with Crippen molar-refractivity contribution in [2.24, 2.45) is 17.3 Å². The van der Waals surface area contributed by atoms with Crippen LogP contribution in [0.5, 0.6) is 5.75 Å². The smallest absolute Gasteiger partial charge is 0.406 e. The molecule has 2 heterocycles. The van der Waals surface area contributed by atoms with E-state index in [0.717, 1.165) is 23.6 Å². The Morgan fingerprint density at radius 2 is 1.85 bits per heavy atom. The highest BCUT2D eigenvalue weighted by Gasteiger charge is 2.54. The summed E-state index contributed by atoms with van der Waals surface area (Å²) in [5, 5.41) is 2.92. The van der Waals surface area contributed by atoms with E-state index in [0.29, 0.717) is 42.2 Å². The summed E-state index contributed by atoms with van der Waals surface area (Å²) >= 11 is 0. The van der Waals surface area contributed by atoms with E-state index < -0.39 is 6.36 Å². The van der Waals surface area contributed by atoms with Crippen molar-refractivity contribution in [3.63, 3.8) is 0 Å². The fourth-order valence-electron chi connectivity index (χ4n) is 4.53. The summed E-state index contributed by atoms with van der Waals surface area (Å²) in [6.07, 6.45) is -4.33. The number of benzene rings is 1. The lowest BCUT2D eigenvalue weighted by atomic mass is 9.92. The predicted molar refractivity (Wildman–Crippen MR) is 119 cm³/mol. The van der Waals surface area contributed by atoms with E-state index in [1.165, 1.54) is 12.1 Å². The van der Waals surface area contributed by atoms with Crippen LogP contribution in [-0.2, 0) is 11.3 Å². The minimum atomic E-state index is -4.71. The Morgan fingerprint density at radius 1 is 1.18 bits per heavy atom. The van der Waals surface area contributed by atoms with Crippen molar-refractivity contribution in [1.29, 1.82) is 0 Å². The number of hydrogen-bond donors (Lipinski definition) is 1. The number of ether oxygens (including phenoxy) is 1. The Kier molecular flexibility index (Phi) is 5.78. The number of rotatable bonds is 5. The van der Waals surface area contributed by atoms with Gasteiger partial charge < -0.3 is 15.0 Å². The molecule has 1 saturated carbocycles. The Bertz CT molecular complexity index is 1050. The van der Waals surface area contributed by atoms with Crippen LogP contribution in [0.15, 0.2) is 24.3 Å². The van der Waals surface area contributed by atoms with Crippen LogP contribution in [0.3, 0.4) is 0 Å². The monoisotopic (exact) mass is 462 g/mol. The van der Waals surface area contributed by atoms with Gasteiger partial charge in [-0.05, 0) is 41.9 Å². The first-order chi connectivity index (χ1) is 15.3. The molecule has 2 aliphatic rings. The topological polar surface area (TPSA) is 67.4 Å². The maximum atomic E-state index is 12.5. The lowest BCUT2D eigenvalue weighted by Gasteiger charge is -2.30. The number of aryl methyl sites for hydroxylation is 1. The van der Waals surface area contributed by atoms with Crippen LogP contribution in [0, 0.1) is 24.2 Å². The van der Waals surface area contributed by atoms with Gasteiger partial charge in [-0.15, -0.1) is 13.2 Å². The number of alkyl halides is 3. The largest absolute Gasteiger partial charge is 0.573 e. The SMILES string of the molecule is Cc1nc2c(nc1NC(=O)CC(C)(C)C)C1C(C)C1CN2Cc1ccc(OC(F)(F)F)cc1. The Labute approximate surface area is 191 Å². The van der Waals surface area contributed by atoms with Crippen molar-refractivity contribution >= 4 is 17.5 Å². The molecule has 0 bridgehead atoms. The standard InChI is InChI=1S/C24H29F3N4O2/c1-13-17-12-31(11-15-6-8-16(9-7-15)33-24(25,26)27)22-20(19(13)17)30-21(14(2)28-22)29-18(32)10-23(3,4)5/h6-9,13,17,19H,10-12H2,1-5H3,(H,29,30,32). The van der Waals surface area contributed by atoms with E-state index in [9.17, 15) is 18.0 Å². The molecule has 1 aliphatic heterocycles. The van der Waals surface area contributed by atoms with Crippen LogP contribution in [0.1, 0.15) is 57.0 Å². The highest BCUT2D eigenvalue weighted by molar-refractivity contribution is 5.90. The second-order valence-electron chi connectivity index (χ2n) is 10.3. The third-order valence-electron chi connectivity index (χ3n) is 6.17. The first-order valence-electron chi connectivity index (χ1n) is 11.1. The summed E-state index contributed by atoms with van der Waals surface area (Å²) in [7, 11) is 0. The summed E-state index contributed by atoms with van der Waals surface area (Å²) in [4.78, 5) is 24.2. The third kappa shape index (κ3) is 5.39. The van der Waals surface area contributed by atoms with Crippen molar-refractivity contribution in [1.82, 2.24) is 9.97 Å². The molecule has 1 aromatic carbocycles. The van der Waals surface area contributed by atoms with Gasteiger partial charge in [0.05, 0.1) is 11.4 Å². The third-order valence-corrected chi connectivity index (χ3v) is 6.17. The summed E-state index contributed by atoms with van der Waals surface area (Å²) in [5.74, 6) is 2.16. The van der Waals surface area contributed by atoms with Gasteiger partial charge in [0, 0.05) is 25.4 Å². The van der Waals surface area contributed by atoms with Gasteiger partial charge in [-0.25, -0.2) is 9.97 Å². The predicted octanol–water partition coefficient (Wildman–Crippen LogP) is 5.43. The fourth-order valence-corrected chi connectivity index (χ4v) is 4.53. The lowest BCUT2D eigenvalue weighted by Crippen LogP contribution is -2.31. The second kappa shape index (κ2) is 8.18. The number of amides is 1. The van der Waals surface area contributed by atoms with Gasteiger partial charge in [-0.2, -0.15) is 0 Å². The molecule has 178 valence electrons. The molecule has 1 fully saturated rings. The van der Waals surface area contributed by atoms with Crippen LogP contribution in [0.4, 0.5) is 24.8 Å². The fraction of sp³-hybridized carbons (Fsp3) is 0.542. The molecule has 0 spiro atoms. The van der Waals surface area contributed by atoms with Gasteiger partial charge in [0.15, 0.2) is 11.6 Å². The zero-order chi connectivity index (χ0) is 24.1. The molecule has 1 amide bonds. The average Bonchev–Trinajstić information content (AvgIpc) is 3.31. The van der Waals surface area contributed by atoms with Crippen LogP contribution >= 0.6 is 0 Å². The van der Waals surface area contributed by atoms with E-state index >= 15 is 0 Å². The van der Waals surface area contributed by atoms with E-state index in [2.05, 4.69) is 21.9 Å². The number of hydrogen-bond acceptors (Lipinski definition) is 5. The highest BCUT2D eigenvalue weighted by atomic mass is 19.4. The van der Waals surface area contributed by atoms with Crippen LogP contribution in [0.25, 0.3) is 0 Å². The summed E-state index contributed by atoms with van der Waals surface area (Å²) in [6, 6.07) is 5.90. The number of anilines is 2. The second-order valence-corrected chi connectivity index (χ2v) is 10.3. The normalized spacial score (nSPS) is 21.8. The summed E-state index contributed by atoms with van der Waals surface area (Å²) in [6.45, 7) is 11.3. The summed E-state index contributed by atoms with van der Waals surface area (Å²) in [5.41, 5.74) is 2.24.